The van der Waals surface area contributed by atoms with Gasteiger partial charge in [-0.1, -0.05) is 89.3 Å². The number of carbonyl (C=O) groups is 2. The predicted octanol–water partition coefficient (Wildman–Crippen LogP) is 9.24. The lowest BCUT2D eigenvalue weighted by atomic mass is 10.0. The minimum absolute atomic E-state index is 0.0255. The number of rotatable bonds is 22. The minimum Gasteiger partial charge on any atom is -0.351 e. The standard InChI is InChI=1S/C33H48N2O2S2/c1-4-5-6-7-8-9-10-11-12-13-14-15-16-17-18-19-20-23-31(36)24-25-33(2,3)39-38-28-27-35-32(37)30-22-21-26-34-29-30/h5-6,8-9,11-12,14-15,17-18,21-22,26,29H,4,7,10,13,16,19-20,23-25,27-28H2,1-3H3,(H,35,37)/b6-5-,9-8-,12-11-,15-14-,18-17-. The molecule has 0 aliphatic rings. The summed E-state index contributed by atoms with van der Waals surface area (Å²) < 4.78 is 0.0255. The molecule has 1 aromatic heterocycles. The average Bonchev–Trinajstić information content (AvgIpc) is 2.93. The third-order valence-electron chi connectivity index (χ3n) is 5.67. The van der Waals surface area contributed by atoms with E-state index in [1.54, 1.807) is 46.1 Å². The van der Waals surface area contributed by atoms with Crippen molar-refractivity contribution >= 4 is 33.3 Å². The number of nitrogens with one attached hydrogen (secondary N) is 1. The van der Waals surface area contributed by atoms with E-state index < -0.39 is 0 Å². The Morgan fingerprint density at radius 2 is 1.51 bits per heavy atom. The van der Waals surface area contributed by atoms with Crippen molar-refractivity contribution < 1.29 is 9.59 Å². The number of amides is 1. The molecule has 0 aliphatic heterocycles. The Hall–Kier alpha value is -2.31. The summed E-state index contributed by atoms with van der Waals surface area (Å²) in [5, 5.41) is 2.92. The molecule has 0 unspecified atom stereocenters. The number of Topliss-reactive ketones (excluding diaryl/α,β-unsaturated/α-hetero) is 1. The second-order valence-corrected chi connectivity index (χ2v) is 12.9. The van der Waals surface area contributed by atoms with E-state index in [4.69, 9.17) is 0 Å². The molecule has 0 spiro atoms. The maximum Gasteiger partial charge on any atom is 0.252 e. The summed E-state index contributed by atoms with van der Waals surface area (Å²) in [4.78, 5) is 28.3. The van der Waals surface area contributed by atoms with Crippen molar-refractivity contribution in [1.82, 2.24) is 10.3 Å². The van der Waals surface area contributed by atoms with Crippen LogP contribution in [0, 0.1) is 0 Å². The third kappa shape index (κ3) is 21.2. The van der Waals surface area contributed by atoms with E-state index in [0.717, 1.165) is 57.1 Å². The quantitative estimate of drug-likeness (QED) is 0.0858. The molecule has 0 aliphatic carbocycles. The van der Waals surface area contributed by atoms with Crippen molar-refractivity contribution in [3.8, 4) is 0 Å². The lowest BCUT2D eigenvalue weighted by molar-refractivity contribution is -0.119. The molecule has 0 saturated heterocycles. The van der Waals surface area contributed by atoms with Crippen LogP contribution < -0.4 is 5.32 Å². The van der Waals surface area contributed by atoms with E-state index >= 15 is 0 Å². The Kier molecular flexibility index (Phi) is 21.0. The smallest absolute Gasteiger partial charge is 0.252 e. The number of ketones is 1. The van der Waals surface area contributed by atoms with Gasteiger partial charge in [-0.25, -0.2) is 0 Å². The van der Waals surface area contributed by atoms with Crippen LogP contribution in [-0.2, 0) is 4.79 Å². The third-order valence-corrected chi connectivity index (χ3v) is 9.02. The molecule has 4 nitrogen and oxygen atoms in total. The van der Waals surface area contributed by atoms with Gasteiger partial charge in [0.25, 0.3) is 5.91 Å². The number of hydrogen-bond donors (Lipinski definition) is 1. The van der Waals surface area contributed by atoms with Crippen LogP contribution in [0.25, 0.3) is 0 Å². The lowest BCUT2D eigenvalue weighted by Crippen LogP contribution is -2.25. The molecular formula is C33H48N2O2S2. The zero-order valence-electron chi connectivity index (χ0n) is 24.1. The van der Waals surface area contributed by atoms with E-state index in [-0.39, 0.29) is 10.7 Å². The first-order valence-corrected chi connectivity index (χ1v) is 16.5. The molecule has 6 heteroatoms. The number of nitrogens with zero attached hydrogens (tertiary/aromatic N) is 1. The van der Waals surface area contributed by atoms with E-state index in [1.165, 1.54) is 0 Å². The maximum absolute atomic E-state index is 12.3. The highest BCUT2D eigenvalue weighted by atomic mass is 33.1. The second-order valence-electron chi connectivity index (χ2n) is 9.80. The Morgan fingerprint density at radius 1 is 0.897 bits per heavy atom. The Bertz CT molecular complexity index is 934. The van der Waals surface area contributed by atoms with Crippen LogP contribution in [0.5, 0.6) is 0 Å². The average molecular weight is 569 g/mol. The molecule has 1 amide bonds. The number of unbranched alkanes of at least 4 members (excludes halogenated alkanes) is 1. The first kappa shape index (κ1) is 34.7. The van der Waals surface area contributed by atoms with Crippen molar-refractivity contribution in [2.45, 2.75) is 89.7 Å². The van der Waals surface area contributed by atoms with E-state index in [1.807, 2.05) is 0 Å². The van der Waals surface area contributed by atoms with Crippen LogP contribution in [-0.4, -0.2) is 33.7 Å². The molecule has 0 saturated carbocycles. The van der Waals surface area contributed by atoms with E-state index in [9.17, 15) is 9.59 Å². The monoisotopic (exact) mass is 568 g/mol. The number of carbonyl (C=O) groups excluding carboxylic acids is 2. The van der Waals surface area contributed by atoms with Gasteiger partial charge in [-0.2, -0.15) is 0 Å². The molecule has 1 rings (SSSR count). The van der Waals surface area contributed by atoms with Crippen LogP contribution in [0.3, 0.4) is 0 Å². The molecule has 1 aromatic rings. The molecule has 0 radical (unpaired) electrons. The highest BCUT2D eigenvalue weighted by Crippen LogP contribution is 2.38. The van der Waals surface area contributed by atoms with Gasteiger partial charge in [0, 0.05) is 42.3 Å². The minimum atomic E-state index is -0.0943. The zero-order valence-corrected chi connectivity index (χ0v) is 25.8. The fourth-order valence-corrected chi connectivity index (χ4v) is 5.88. The fraction of sp³-hybridized carbons (Fsp3) is 0.485. The molecule has 0 fully saturated rings. The van der Waals surface area contributed by atoms with Crippen molar-refractivity contribution in [2.24, 2.45) is 0 Å². The summed E-state index contributed by atoms with van der Waals surface area (Å²) in [5.41, 5.74) is 0.579. The molecule has 0 aromatic carbocycles. The van der Waals surface area contributed by atoms with Crippen LogP contribution in [0.1, 0.15) is 95.3 Å². The summed E-state index contributed by atoms with van der Waals surface area (Å²) in [5.74, 6) is 1.08. The van der Waals surface area contributed by atoms with Crippen molar-refractivity contribution in [3.05, 3.63) is 90.9 Å². The number of hydrogen-bond acceptors (Lipinski definition) is 5. The molecule has 0 atom stereocenters. The molecule has 1 heterocycles. The van der Waals surface area contributed by atoms with E-state index in [2.05, 4.69) is 91.8 Å². The molecule has 1 N–H and O–H groups in total. The van der Waals surface area contributed by atoms with Gasteiger partial charge in [0.05, 0.1) is 5.56 Å². The number of pyridine rings is 1. The SMILES string of the molecule is CC/C=C\C/C=C\C/C=C\C/C=C\C/C=C\CCCC(=O)CCC(C)(C)SSCCNC(=O)c1cccnc1. The van der Waals surface area contributed by atoms with Gasteiger partial charge in [-0.3, -0.25) is 14.6 Å². The summed E-state index contributed by atoms with van der Waals surface area (Å²) in [6.07, 6.45) is 34.3. The van der Waals surface area contributed by atoms with Crippen LogP contribution in [0.15, 0.2) is 85.3 Å². The normalized spacial score (nSPS) is 12.6. The highest BCUT2D eigenvalue weighted by molar-refractivity contribution is 8.77. The first-order valence-electron chi connectivity index (χ1n) is 14.2. The largest absolute Gasteiger partial charge is 0.351 e. The first-order chi connectivity index (χ1) is 18.9. The summed E-state index contributed by atoms with van der Waals surface area (Å²) in [6, 6.07) is 3.52. The van der Waals surface area contributed by atoms with Crippen molar-refractivity contribution in [1.29, 1.82) is 0 Å². The number of aromatic nitrogens is 1. The fourth-order valence-electron chi connectivity index (χ4n) is 3.40. The van der Waals surface area contributed by atoms with Gasteiger partial charge in [0.1, 0.15) is 5.78 Å². The van der Waals surface area contributed by atoms with Gasteiger partial charge in [-0.05, 0) is 77.3 Å². The van der Waals surface area contributed by atoms with Crippen LogP contribution >= 0.6 is 21.6 Å². The van der Waals surface area contributed by atoms with E-state index in [0.29, 0.717) is 30.7 Å². The topological polar surface area (TPSA) is 59.1 Å². The summed E-state index contributed by atoms with van der Waals surface area (Å²) in [6.45, 7) is 7.13. The Labute approximate surface area is 245 Å². The number of allylic oxidation sites excluding steroid dienone is 10. The maximum atomic E-state index is 12.3. The molecule has 0 bridgehead atoms. The summed E-state index contributed by atoms with van der Waals surface area (Å²) in [7, 11) is 3.53. The van der Waals surface area contributed by atoms with Gasteiger partial charge >= 0.3 is 0 Å². The zero-order chi connectivity index (χ0) is 28.4. The van der Waals surface area contributed by atoms with Gasteiger partial charge < -0.3 is 5.32 Å². The molecule has 39 heavy (non-hydrogen) atoms. The van der Waals surface area contributed by atoms with Gasteiger partial charge in [-0.15, -0.1) is 0 Å². The predicted molar refractivity (Wildman–Crippen MR) is 173 cm³/mol. The van der Waals surface area contributed by atoms with Crippen molar-refractivity contribution in [2.75, 3.05) is 12.3 Å². The molecule has 214 valence electrons. The Balaban J connectivity index is 2.01. The Morgan fingerprint density at radius 3 is 2.10 bits per heavy atom. The second kappa shape index (κ2) is 23.6. The highest BCUT2D eigenvalue weighted by Gasteiger charge is 2.20. The van der Waals surface area contributed by atoms with Crippen LogP contribution in [0.2, 0.25) is 0 Å². The van der Waals surface area contributed by atoms with Crippen molar-refractivity contribution in [3.63, 3.8) is 0 Å². The van der Waals surface area contributed by atoms with Gasteiger partial charge in [0.2, 0.25) is 0 Å². The molecular weight excluding hydrogens is 521 g/mol. The lowest BCUT2D eigenvalue weighted by Gasteiger charge is -2.22. The van der Waals surface area contributed by atoms with Gasteiger partial charge in [0.15, 0.2) is 0 Å². The van der Waals surface area contributed by atoms with Crippen LogP contribution in [0.4, 0.5) is 0 Å². The summed E-state index contributed by atoms with van der Waals surface area (Å²) >= 11 is 0.